The van der Waals surface area contributed by atoms with Crippen LogP contribution in [-0.2, 0) is 4.74 Å². The predicted octanol–water partition coefficient (Wildman–Crippen LogP) is 4.00. The standard InChI is InChI=1S/C18H26O2/c1-12-11-13(2)18(15(4)19)20-14(3)9-10-16-7-5-6-8-17(12)16/h5-8,11,13,15-19H,3,9-10H2,1-2,4H3/b12-11+. The molecule has 0 saturated carbocycles. The molecule has 1 aliphatic carbocycles. The van der Waals surface area contributed by atoms with Gasteiger partial charge in [0.25, 0.3) is 0 Å². The molecule has 0 aromatic rings. The molecule has 0 bridgehead atoms. The van der Waals surface area contributed by atoms with Gasteiger partial charge in [0.15, 0.2) is 0 Å². The molecule has 0 aromatic carbocycles. The lowest BCUT2D eigenvalue weighted by molar-refractivity contribution is -0.0180. The van der Waals surface area contributed by atoms with E-state index in [0.29, 0.717) is 11.8 Å². The number of fused-ring (bicyclic) bond motifs is 1. The second kappa shape index (κ2) is 6.45. The maximum absolute atomic E-state index is 9.94. The number of aliphatic hydroxyl groups excluding tert-OH is 1. The van der Waals surface area contributed by atoms with Gasteiger partial charge in [0.2, 0.25) is 0 Å². The first-order valence-corrected chi connectivity index (χ1v) is 7.55. The molecular formula is C18H26O2. The van der Waals surface area contributed by atoms with Crippen molar-refractivity contribution in [3.63, 3.8) is 0 Å². The highest BCUT2D eigenvalue weighted by atomic mass is 16.5. The van der Waals surface area contributed by atoms with Gasteiger partial charge in [0.1, 0.15) is 6.10 Å². The minimum atomic E-state index is -0.497. The van der Waals surface area contributed by atoms with E-state index in [1.165, 1.54) is 5.57 Å². The van der Waals surface area contributed by atoms with Crippen molar-refractivity contribution in [1.82, 2.24) is 0 Å². The molecule has 1 aliphatic heterocycles. The van der Waals surface area contributed by atoms with Crippen LogP contribution in [0.15, 0.2) is 48.3 Å². The Morgan fingerprint density at radius 1 is 1.35 bits per heavy atom. The van der Waals surface area contributed by atoms with Gasteiger partial charge in [-0.3, -0.25) is 0 Å². The highest BCUT2D eigenvalue weighted by molar-refractivity contribution is 5.24. The third-order valence-corrected chi connectivity index (χ3v) is 4.35. The van der Waals surface area contributed by atoms with E-state index in [2.05, 4.69) is 50.8 Å². The van der Waals surface area contributed by atoms with Gasteiger partial charge in [-0.25, -0.2) is 0 Å². The molecule has 2 aliphatic rings. The topological polar surface area (TPSA) is 29.5 Å². The molecule has 20 heavy (non-hydrogen) atoms. The monoisotopic (exact) mass is 274 g/mol. The van der Waals surface area contributed by atoms with Gasteiger partial charge >= 0.3 is 0 Å². The van der Waals surface area contributed by atoms with Crippen molar-refractivity contribution in [2.45, 2.75) is 45.8 Å². The van der Waals surface area contributed by atoms with Crippen molar-refractivity contribution in [3.8, 4) is 0 Å². The molecule has 0 aromatic heterocycles. The van der Waals surface area contributed by atoms with Gasteiger partial charge < -0.3 is 9.84 Å². The van der Waals surface area contributed by atoms with E-state index in [1.807, 2.05) is 0 Å². The Bertz CT molecular complexity index is 442. The Morgan fingerprint density at radius 3 is 2.75 bits per heavy atom. The quantitative estimate of drug-likeness (QED) is 0.732. The first-order valence-electron chi connectivity index (χ1n) is 7.55. The Balaban J connectivity index is 2.29. The van der Waals surface area contributed by atoms with Crippen molar-refractivity contribution in [1.29, 1.82) is 0 Å². The molecular weight excluding hydrogens is 248 g/mol. The minimum Gasteiger partial charge on any atom is -0.492 e. The average Bonchev–Trinajstić information content (AvgIpc) is 2.41. The first-order chi connectivity index (χ1) is 9.49. The first kappa shape index (κ1) is 15.1. The maximum atomic E-state index is 9.94. The van der Waals surface area contributed by atoms with Gasteiger partial charge in [-0.15, -0.1) is 0 Å². The van der Waals surface area contributed by atoms with Crippen LogP contribution in [0.2, 0.25) is 0 Å². The van der Waals surface area contributed by atoms with Crippen LogP contribution in [0.4, 0.5) is 0 Å². The molecule has 0 fully saturated rings. The van der Waals surface area contributed by atoms with E-state index in [9.17, 15) is 5.11 Å². The van der Waals surface area contributed by atoms with Gasteiger partial charge in [-0.05, 0) is 26.2 Å². The van der Waals surface area contributed by atoms with Crippen LogP contribution in [0.3, 0.4) is 0 Å². The number of hydrogen-bond acceptors (Lipinski definition) is 2. The van der Waals surface area contributed by atoms with Crippen LogP contribution in [0.5, 0.6) is 0 Å². The zero-order chi connectivity index (χ0) is 14.7. The fourth-order valence-corrected chi connectivity index (χ4v) is 3.26. The molecule has 0 saturated heterocycles. The van der Waals surface area contributed by atoms with E-state index in [-0.39, 0.29) is 12.0 Å². The fourth-order valence-electron chi connectivity index (χ4n) is 3.26. The lowest BCUT2D eigenvalue weighted by atomic mass is 9.79. The van der Waals surface area contributed by atoms with Crippen molar-refractivity contribution in [2.75, 3.05) is 0 Å². The van der Waals surface area contributed by atoms with Crippen LogP contribution in [0.25, 0.3) is 0 Å². The highest BCUT2D eigenvalue weighted by Crippen LogP contribution is 2.34. The van der Waals surface area contributed by atoms with Crippen LogP contribution in [0, 0.1) is 17.8 Å². The van der Waals surface area contributed by atoms with E-state index >= 15 is 0 Å². The number of hydrogen-bond donors (Lipinski definition) is 1. The van der Waals surface area contributed by atoms with E-state index in [4.69, 9.17) is 4.74 Å². The summed E-state index contributed by atoms with van der Waals surface area (Å²) in [5.41, 5.74) is 1.37. The summed E-state index contributed by atoms with van der Waals surface area (Å²) >= 11 is 0. The van der Waals surface area contributed by atoms with E-state index in [1.54, 1.807) is 6.92 Å². The van der Waals surface area contributed by atoms with Gasteiger partial charge in [0, 0.05) is 18.3 Å². The molecule has 2 rings (SSSR count). The molecule has 0 radical (unpaired) electrons. The summed E-state index contributed by atoms with van der Waals surface area (Å²) in [5, 5.41) is 9.94. The Kier molecular flexibility index (Phi) is 4.87. The van der Waals surface area contributed by atoms with Gasteiger partial charge in [-0.1, -0.05) is 49.5 Å². The molecule has 2 heteroatoms. The molecule has 0 amide bonds. The van der Waals surface area contributed by atoms with Crippen molar-refractivity contribution in [3.05, 3.63) is 48.3 Å². The molecule has 1 heterocycles. The third-order valence-electron chi connectivity index (χ3n) is 4.35. The number of allylic oxidation sites excluding steroid dienone is 6. The van der Waals surface area contributed by atoms with Crippen LogP contribution in [0.1, 0.15) is 33.6 Å². The van der Waals surface area contributed by atoms with Gasteiger partial charge in [0.05, 0.1) is 11.9 Å². The number of ether oxygens (including phenoxy) is 1. The number of aliphatic hydroxyl groups is 1. The minimum absolute atomic E-state index is 0.171. The average molecular weight is 274 g/mol. The van der Waals surface area contributed by atoms with Crippen LogP contribution >= 0.6 is 0 Å². The molecule has 110 valence electrons. The predicted molar refractivity (Wildman–Crippen MR) is 83.1 cm³/mol. The summed E-state index contributed by atoms with van der Waals surface area (Å²) in [7, 11) is 0. The summed E-state index contributed by atoms with van der Waals surface area (Å²) in [6.45, 7) is 10.1. The molecule has 5 unspecified atom stereocenters. The van der Waals surface area contributed by atoms with Crippen LogP contribution < -0.4 is 0 Å². The van der Waals surface area contributed by atoms with Crippen molar-refractivity contribution in [2.24, 2.45) is 17.8 Å². The largest absolute Gasteiger partial charge is 0.492 e. The zero-order valence-corrected chi connectivity index (χ0v) is 12.8. The molecule has 1 N–H and O–H groups in total. The smallest absolute Gasteiger partial charge is 0.130 e. The van der Waals surface area contributed by atoms with E-state index < -0.39 is 6.10 Å². The normalized spacial score (nSPS) is 38.4. The highest BCUT2D eigenvalue weighted by Gasteiger charge is 2.27. The van der Waals surface area contributed by atoms with Crippen molar-refractivity contribution < 1.29 is 9.84 Å². The SMILES string of the molecule is C=C1CCC2C=CC=CC2/C(C)=C/C(C)C(C(C)O)O1. The summed E-state index contributed by atoms with van der Waals surface area (Å²) in [5.74, 6) is 1.94. The Hall–Kier alpha value is -1.28. The summed E-state index contributed by atoms with van der Waals surface area (Å²) in [6, 6.07) is 0. The van der Waals surface area contributed by atoms with E-state index in [0.717, 1.165) is 18.6 Å². The fraction of sp³-hybridized carbons (Fsp3) is 0.556. The van der Waals surface area contributed by atoms with Gasteiger partial charge in [-0.2, -0.15) is 0 Å². The van der Waals surface area contributed by atoms with Crippen LogP contribution in [-0.4, -0.2) is 17.3 Å². The lowest BCUT2D eigenvalue weighted by Crippen LogP contribution is -2.33. The Morgan fingerprint density at radius 2 is 2.05 bits per heavy atom. The maximum Gasteiger partial charge on any atom is 0.130 e. The lowest BCUT2D eigenvalue weighted by Gasteiger charge is -2.32. The second-order valence-corrected chi connectivity index (χ2v) is 6.13. The zero-order valence-electron chi connectivity index (χ0n) is 12.8. The summed E-state index contributed by atoms with van der Waals surface area (Å²) in [6.07, 6.45) is 12.3. The van der Waals surface area contributed by atoms with Crippen molar-refractivity contribution >= 4 is 0 Å². The summed E-state index contributed by atoms with van der Waals surface area (Å²) in [4.78, 5) is 0. The molecule has 0 spiro atoms. The molecule has 5 atom stereocenters. The summed E-state index contributed by atoms with van der Waals surface area (Å²) < 4.78 is 5.90. The number of rotatable bonds is 1. The third kappa shape index (κ3) is 3.43. The Labute approximate surface area is 122 Å². The second-order valence-electron chi connectivity index (χ2n) is 6.13. The molecule has 2 nitrogen and oxygen atoms in total.